The molecule has 2 heterocycles. The van der Waals surface area contributed by atoms with Crippen molar-refractivity contribution in [2.45, 2.75) is 77.0 Å². The molecule has 2 rings (SSSR count). The van der Waals surface area contributed by atoms with E-state index in [2.05, 4.69) is 5.32 Å². The Bertz CT molecular complexity index is 512. The SMILES string of the molecule is CCOC(=O)CCNC(CC(=O)OCC)[C@H]1O[C@@H]2OC(C)(C)O[C@@H]2[C@H]1OC. The first-order valence-corrected chi connectivity index (χ1v) is 9.39. The molecule has 2 saturated heterocycles. The number of ether oxygens (including phenoxy) is 6. The molecule has 156 valence electrons. The van der Waals surface area contributed by atoms with Gasteiger partial charge in [-0.1, -0.05) is 0 Å². The number of esters is 2. The van der Waals surface area contributed by atoms with Gasteiger partial charge in [-0.25, -0.2) is 0 Å². The predicted molar refractivity (Wildman–Crippen MR) is 93.8 cm³/mol. The van der Waals surface area contributed by atoms with Gasteiger partial charge in [0.2, 0.25) is 0 Å². The summed E-state index contributed by atoms with van der Waals surface area (Å²) in [6, 6.07) is -0.427. The standard InChI is InChI=1S/C18H31NO8/c1-6-23-12(20)8-9-19-11(10-13(21)24-7-2)14-15(22-5)16-17(25-14)27-18(3,4)26-16/h11,14-17,19H,6-10H2,1-5H3/t11?,14-,15+,16-,17-/m1/s1. The molecule has 1 N–H and O–H groups in total. The molecular weight excluding hydrogens is 358 g/mol. The molecular formula is C18H31NO8. The summed E-state index contributed by atoms with van der Waals surface area (Å²) in [6.45, 7) is 8.08. The van der Waals surface area contributed by atoms with Crippen molar-refractivity contribution in [3.05, 3.63) is 0 Å². The third kappa shape index (κ3) is 5.86. The monoisotopic (exact) mass is 389 g/mol. The van der Waals surface area contributed by atoms with Gasteiger partial charge in [-0.15, -0.1) is 0 Å². The highest BCUT2D eigenvalue weighted by Crippen LogP contribution is 2.39. The van der Waals surface area contributed by atoms with E-state index in [4.69, 9.17) is 28.4 Å². The molecule has 2 aliphatic rings. The van der Waals surface area contributed by atoms with Gasteiger partial charge in [-0.05, 0) is 27.7 Å². The fourth-order valence-electron chi connectivity index (χ4n) is 3.39. The minimum Gasteiger partial charge on any atom is -0.466 e. The Kier molecular flexibility index (Phi) is 7.99. The predicted octanol–water partition coefficient (Wildman–Crippen LogP) is 0.742. The smallest absolute Gasteiger partial charge is 0.307 e. The number of carbonyl (C=O) groups excluding carboxylic acids is 2. The molecule has 0 aliphatic carbocycles. The van der Waals surface area contributed by atoms with E-state index in [0.717, 1.165) is 0 Å². The lowest BCUT2D eigenvalue weighted by Gasteiger charge is -2.30. The van der Waals surface area contributed by atoms with Crippen LogP contribution in [-0.4, -0.2) is 75.2 Å². The highest BCUT2D eigenvalue weighted by molar-refractivity contribution is 5.70. The fourth-order valence-corrected chi connectivity index (χ4v) is 3.39. The van der Waals surface area contributed by atoms with Gasteiger partial charge in [0, 0.05) is 19.7 Å². The van der Waals surface area contributed by atoms with Gasteiger partial charge >= 0.3 is 11.9 Å². The molecule has 9 heteroatoms. The maximum absolute atomic E-state index is 12.0. The first-order valence-electron chi connectivity index (χ1n) is 9.39. The van der Waals surface area contributed by atoms with Gasteiger partial charge in [0.05, 0.1) is 26.1 Å². The maximum Gasteiger partial charge on any atom is 0.307 e. The molecule has 0 aromatic heterocycles. The largest absolute Gasteiger partial charge is 0.466 e. The number of rotatable bonds is 10. The summed E-state index contributed by atoms with van der Waals surface area (Å²) in [4.78, 5) is 23.6. The number of hydrogen-bond donors (Lipinski definition) is 1. The molecule has 0 saturated carbocycles. The van der Waals surface area contributed by atoms with Gasteiger partial charge < -0.3 is 33.7 Å². The van der Waals surface area contributed by atoms with Gasteiger partial charge in [-0.2, -0.15) is 0 Å². The Morgan fingerprint density at radius 3 is 2.41 bits per heavy atom. The highest BCUT2D eigenvalue weighted by atomic mass is 16.8. The van der Waals surface area contributed by atoms with E-state index in [1.165, 1.54) is 0 Å². The summed E-state index contributed by atoms with van der Waals surface area (Å²) in [5.74, 6) is -1.42. The van der Waals surface area contributed by atoms with Crippen molar-refractivity contribution < 1.29 is 38.0 Å². The molecule has 0 aromatic rings. The molecule has 27 heavy (non-hydrogen) atoms. The summed E-state index contributed by atoms with van der Waals surface area (Å²) in [5.41, 5.74) is 0. The van der Waals surface area contributed by atoms with Crippen molar-refractivity contribution in [3.63, 3.8) is 0 Å². The molecule has 2 aliphatic heterocycles. The Balaban J connectivity index is 2.03. The normalized spacial score (nSPS) is 30.0. The first-order chi connectivity index (χ1) is 12.8. The number of hydrogen-bond acceptors (Lipinski definition) is 9. The van der Waals surface area contributed by atoms with Crippen molar-refractivity contribution in [2.75, 3.05) is 26.9 Å². The van der Waals surface area contributed by atoms with Gasteiger partial charge in [0.1, 0.15) is 18.3 Å². The lowest BCUT2D eigenvalue weighted by molar-refractivity contribution is -0.220. The van der Waals surface area contributed by atoms with Crippen molar-refractivity contribution >= 4 is 11.9 Å². The average molecular weight is 389 g/mol. The molecule has 1 unspecified atom stereocenters. The number of carbonyl (C=O) groups is 2. The average Bonchev–Trinajstić information content (AvgIpc) is 3.05. The number of methoxy groups -OCH3 is 1. The van der Waals surface area contributed by atoms with Crippen LogP contribution < -0.4 is 5.32 Å². The minimum absolute atomic E-state index is 0.0734. The first kappa shape index (κ1) is 22.0. The second kappa shape index (κ2) is 9.79. The molecule has 5 atom stereocenters. The number of fused-ring (bicyclic) bond motifs is 1. The Morgan fingerprint density at radius 1 is 1.11 bits per heavy atom. The van der Waals surface area contributed by atoms with E-state index in [-0.39, 0.29) is 24.8 Å². The molecule has 0 aromatic carbocycles. The molecule has 0 bridgehead atoms. The summed E-state index contributed by atoms with van der Waals surface area (Å²) >= 11 is 0. The van der Waals surface area contributed by atoms with Crippen LogP contribution in [-0.2, 0) is 38.0 Å². The van der Waals surface area contributed by atoms with Crippen LogP contribution in [0.5, 0.6) is 0 Å². The summed E-state index contributed by atoms with van der Waals surface area (Å²) in [5, 5.41) is 3.20. The highest BCUT2D eigenvalue weighted by Gasteiger charge is 2.56. The summed E-state index contributed by atoms with van der Waals surface area (Å²) in [7, 11) is 1.57. The molecule has 0 radical (unpaired) electrons. The van der Waals surface area contributed by atoms with E-state index in [1.54, 1.807) is 21.0 Å². The zero-order chi connectivity index (χ0) is 20.0. The third-order valence-corrected chi connectivity index (χ3v) is 4.43. The summed E-state index contributed by atoms with van der Waals surface area (Å²) < 4.78 is 33.3. The van der Waals surface area contributed by atoms with E-state index in [0.29, 0.717) is 19.8 Å². The van der Waals surface area contributed by atoms with Crippen molar-refractivity contribution in [1.29, 1.82) is 0 Å². The van der Waals surface area contributed by atoms with Crippen LogP contribution in [0.2, 0.25) is 0 Å². The van der Waals surface area contributed by atoms with E-state index in [1.807, 2.05) is 13.8 Å². The topological polar surface area (TPSA) is 102 Å². The van der Waals surface area contributed by atoms with Gasteiger partial charge in [0.25, 0.3) is 0 Å². The number of nitrogens with one attached hydrogen (secondary N) is 1. The van der Waals surface area contributed by atoms with Crippen molar-refractivity contribution in [1.82, 2.24) is 5.32 Å². The minimum atomic E-state index is -0.759. The van der Waals surface area contributed by atoms with Crippen LogP contribution in [0.25, 0.3) is 0 Å². The Hall–Kier alpha value is -1.26. The second-order valence-electron chi connectivity index (χ2n) is 6.89. The molecule has 9 nitrogen and oxygen atoms in total. The Labute approximate surface area is 159 Å². The fraction of sp³-hybridized carbons (Fsp3) is 0.889. The lowest BCUT2D eigenvalue weighted by atomic mass is 10.0. The van der Waals surface area contributed by atoms with Crippen LogP contribution in [0.4, 0.5) is 0 Å². The Morgan fingerprint density at radius 2 is 1.78 bits per heavy atom. The summed E-state index contributed by atoms with van der Waals surface area (Å²) in [6.07, 6.45) is -1.63. The van der Waals surface area contributed by atoms with Crippen molar-refractivity contribution in [3.8, 4) is 0 Å². The lowest BCUT2D eigenvalue weighted by Crippen LogP contribution is -2.50. The van der Waals surface area contributed by atoms with Gasteiger partial charge in [0.15, 0.2) is 12.1 Å². The van der Waals surface area contributed by atoms with Crippen LogP contribution in [0.15, 0.2) is 0 Å². The maximum atomic E-state index is 12.0. The molecule has 0 amide bonds. The van der Waals surface area contributed by atoms with E-state index in [9.17, 15) is 9.59 Å². The molecule has 2 fully saturated rings. The quantitative estimate of drug-likeness (QED) is 0.542. The van der Waals surface area contributed by atoms with Crippen LogP contribution in [0.3, 0.4) is 0 Å². The van der Waals surface area contributed by atoms with Crippen LogP contribution in [0, 0.1) is 0 Å². The van der Waals surface area contributed by atoms with Gasteiger partial charge in [-0.3, -0.25) is 9.59 Å². The zero-order valence-electron chi connectivity index (χ0n) is 16.7. The third-order valence-electron chi connectivity index (χ3n) is 4.43. The van der Waals surface area contributed by atoms with Crippen LogP contribution in [0.1, 0.15) is 40.5 Å². The molecule has 0 spiro atoms. The van der Waals surface area contributed by atoms with E-state index < -0.39 is 36.4 Å². The van der Waals surface area contributed by atoms with E-state index >= 15 is 0 Å². The zero-order valence-corrected chi connectivity index (χ0v) is 16.7. The van der Waals surface area contributed by atoms with Crippen LogP contribution >= 0.6 is 0 Å². The second-order valence-corrected chi connectivity index (χ2v) is 6.89. The van der Waals surface area contributed by atoms with Crippen molar-refractivity contribution in [2.24, 2.45) is 0 Å².